The summed E-state index contributed by atoms with van der Waals surface area (Å²) in [6, 6.07) is 58.9. The molecule has 0 radical (unpaired) electrons. The molecule has 47 heavy (non-hydrogen) atoms. The van der Waals surface area contributed by atoms with E-state index in [1.807, 2.05) is 11.3 Å². The number of thiophene rings is 1. The van der Waals surface area contributed by atoms with E-state index in [2.05, 4.69) is 169 Å². The molecule has 0 unspecified atom stereocenters. The van der Waals surface area contributed by atoms with Gasteiger partial charge in [-0.2, -0.15) is 0 Å². The van der Waals surface area contributed by atoms with E-state index in [0.717, 1.165) is 44.6 Å². The van der Waals surface area contributed by atoms with Gasteiger partial charge in [-0.15, -0.1) is 11.3 Å². The van der Waals surface area contributed by atoms with Crippen LogP contribution in [-0.4, -0.2) is 0 Å². The quantitative estimate of drug-likeness (QED) is 0.183. The van der Waals surface area contributed by atoms with Gasteiger partial charge in [-0.05, 0) is 57.6 Å². The van der Waals surface area contributed by atoms with E-state index in [1.54, 1.807) is 0 Å². The molecule has 0 saturated heterocycles. The summed E-state index contributed by atoms with van der Waals surface area (Å²) in [4.78, 5) is 2.45. The van der Waals surface area contributed by atoms with Gasteiger partial charge in [-0.3, -0.25) is 0 Å². The molecule has 220 valence electrons. The highest BCUT2D eigenvalue weighted by molar-refractivity contribution is 7.26. The topological polar surface area (TPSA) is 16.4 Å². The second kappa shape index (κ2) is 10.3. The summed E-state index contributed by atoms with van der Waals surface area (Å²) < 4.78 is 9.44. The summed E-state index contributed by atoms with van der Waals surface area (Å²) in [5.74, 6) is 0. The first kappa shape index (κ1) is 26.3. The molecule has 10 rings (SSSR count). The van der Waals surface area contributed by atoms with Gasteiger partial charge in [-0.25, -0.2) is 0 Å². The Morgan fingerprint density at radius 2 is 1.13 bits per heavy atom. The molecule has 2 aromatic heterocycles. The van der Waals surface area contributed by atoms with Gasteiger partial charge in [-0.1, -0.05) is 133 Å². The van der Waals surface area contributed by atoms with Crippen LogP contribution in [0.4, 0.5) is 17.1 Å². The fourth-order valence-corrected chi connectivity index (χ4v) is 8.57. The Balaban J connectivity index is 1.38. The smallest absolute Gasteiger partial charge is 0.160 e. The standard InChI is InChI=1S/C44H27NOS/c1-2-13-28(14-3-1)31-25-26-37(43-42(31)36-20-8-10-23-40(36)46-43)45(38-22-12-21-35-34-19-9-11-24-41(34)47-44(35)38)39-27-29-15-4-5-16-30(29)32-17-6-7-18-33(32)39/h1-27H. The van der Waals surface area contributed by atoms with Crippen molar-refractivity contribution in [3.05, 3.63) is 164 Å². The first-order valence-corrected chi connectivity index (χ1v) is 16.8. The van der Waals surface area contributed by atoms with E-state index in [0.29, 0.717) is 0 Å². The van der Waals surface area contributed by atoms with Crippen LogP contribution in [0.1, 0.15) is 0 Å². The highest BCUT2D eigenvalue weighted by atomic mass is 32.1. The fourth-order valence-electron chi connectivity index (χ4n) is 7.37. The van der Waals surface area contributed by atoms with Crippen LogP contribution in [0.25, 0.3) is 74.8 Å². The number of anilines is 3. The zero-order valence-electron chi connectivity index (χ0n) is 25.4. The zero-order valence-corrected chi connectivity index (χ0v) is 26.2. The van der Waals surface area contributed by atoms with Crippen molar-refractivity contribution < 1.29 is 4.42 Å². The Labute approximate surface area is 275 Å². The zero-order chi connectivity index (χ0) is 30.9. The van der Waals surface area contributed by atoms with E-state index >= 15 is 0 Å². The maximum Gasteiger partial charge on any atom is 0.160 e. The SMILES string of the molecule is c1ccc(-c2ccc(N(c3cc4ccccc4c4ccccc34)c3cccc4c3sc3ccccc34)c3oc4ccccc4c23)cc1. The largest absolute Gasteiger partial charge is 0.454 e. The Hall–Kier alpha value is -5.90. The molecular weight excluding hydrogens is 591 g/mol. The second-order valence-corrected chi connectivity index (χ2v) is 13.1. The van der Waals surface area contributed by atoms with E-state index in [1.165, 1.54) is 47.3 Å². The molecule has 0 spiro atoms. The third kappa shape index (κ3) is 3.97. The Bertz CT molecular complexity index is 2810. The van der Waals surface area contributed by atoms with Crippen LogP contribution in [-0.2, 0) is 0 Å². The summed E-state index contributed by atoms with van der Waals surface area (Å²) in [5.41, 5.74) is 7.37. The number of rotatable bonds is 4. The van der Waals surface area contributed by atoms with Crippen molar-refractivity contribution in [1.82, 2.24) is 0 Å². The number of para-hydroxylation sites is 1. The minimum absolute atomic E-state index is 0.878. The second-order valence-electron chi connectivity index (χ2n) is 12.1. The highest BCUT2D eigenvalue weighted by Crippen LogP contribution is 2.51. The Morgan fingerprint density at radius 3 is 2.00 bits per heavy atom. The number of hydrogen-bond acceptors (Lipinski definition) is 3. The number of furan rings is 1. The van der Waals surface area contributed by atoms with Gasteiger partial charge < -0.3 is 9.32 Å². The van der Waals surface area contributed by atoms with Crippen LogP contribution in [0.2, 0.25) is 0 Å². The number of nitrogens with zero attached hydrogens (tertiary/aromatic N) is 1. The minimum atomic E-state index is 0.878. The van der Waals surface area contributed by atoms with Gasteiger partial charge >= 0.3 is 0 Å². The van der Waals surface area contributed by atoms with E-state index < -0.39 is 0 Å². The van der Waals surface area contributed by atoms with Crippen molar-refractivity contribution in [3.63, 3.8) is 0 Å². The van der Waals surface area contributed by atoms with Crippen molar-refractivity contribution in [3.8, 4) is 11.1 Å². The lowest BCUT2D eigenvalue weighted by molar-refractivity contribution is 0.669. The van der Waals surface area contributed by atoms with E-state index in [9.17, 15) is 0 Å². The lowest BCUT2D eigenvalue weighted by Gasteiger charge is -2.28. The predicted molar refractivity (Wildman–Crippen MR) is 202 cm³/mol. The maximum absolute atomic E-state index is 6.90. The summed E-state index contributed by atoms with van der Waals surface area (Å²) in [6.45, 7) is 0. The molecule has 8 aromatic carbocycles. The molecule has 3 heteroatoms. The molecule has 0 aliphatic heterocycles. The Kier molecular flexibility index (Phi) is 5.78. The molecule has 0 aliphatic rings. The first-order valence-electron chi connectivity index (χ1n) is 15.9. The number of benzene rings is 8. The van der Waals surface area contributed by atoms with Crippen LogP contribution in [0.5, 0.6) is 0 Å². The monoisotopic (exact) mass is 617 g/mol. The first-order chi connectivity index (χ1) is 23.3. The lowest BCUT2D eigenvalue weighted by Crippen LogP contribution is -2.11. The van der Waals surface area contributed by atoms with Gasteiger partial charge in [0.15, 0.2) is 5.58 Å². The molecule has 0 N–H and O–H groups in total. The van der Waals surface area contributed by atoms with Gasteiger partial charge in [0.1, 0.15) is 5.58 Å². The third-order valence-electron chi connectivity index (χ3n) is 9.44. The van der Waals surface area contributed by atoms with E-state index in [4.69, 9.17) is 4.42 Å². The molecule has 10 aromatic rings. The van der Waals surface area contributed by atoms with Gasteiger partial charge in [0.05, 0.1) is 21.8 Å². The third-order valence-corrected chi connectivity index (χ3v) is 10.7. The average Bonchev–Trinajstić information content (AvgIpc) is 3.72. The summed E-state index contributed by atoms with van der Waals surface area (Å²) in [7, 11) is 0. The minimum Gasteiger partial charge on any atom is -0.454 e. The van der Waals surface area contributed by atoms with Crippen molar-refractivity contribution in [2.75, 3.05) is 4.90 Å². The van der Waals surface area contributed by atoms with Gasteiger partial charge in [0.2, 0.25) is 0 Å². The number of hydrogen-bond donors (Lipinski definition) is 0. The van der Waals surface area contributed by atoms with Crippen molar-refractivity contribution >= 4 is 92.1 Å². The molecule has 2 nitrogen and oxygen atoms in total. The van der Waals surface area contributed by atoms with E-state index in [-0.39, 0.29) is 0 Å². The maximum atomic E-state index is 6.90. The molecule has 0 fully saturated rings. The fraction of sp³-hybridized carbons (Fsp3) is 0. The van der Waals surface area contributed by atoms with Crippen LogP contribution >= 0.6 is 11.3 Å². The molecule has 0 atom stereocenters. The molecule has 0 amide bonds. The Morgan fingerprint density at radius 1 is 0.447 bits per heavy atom. The van der Waals surface area contributed by atoms with Crippen LogP contribution in [0, 0.1) is 0 Å². The molecule has 0 saturated carbocycles. The van der Waals surface area contributed by atoms with Crippen LogP contribution in [0.15, 0.2) is 168 Å². The summed E-state index contributed by atoms with van der Waals surface area (Å²) in [6.07, 6.45) is 0. The van der Waals surface area contributed by atoms with Crippen LogP contribution < -0.4 is 4.90 Å². The van der Waals surface area contributed by atoms with Crippen molar-refractivity contribution in [1.29, 1.82) is 0 Å². The molecule has 0 aliphatic carbocycles. The highest BCUT2D eigenvalue weighted by Gasteiger charge is 2.25. The summed E-state index contributed by atoms with van der Waals surface area (Å²) >= 11 is 1.85. The molecular formula is C44H27NOS. The van der Waals surface area contributed by atoms with Crippen molar-refractivity contribution in [2.24, 2.45) is 0 Å². The predicted octanol–water partition coefficient (Wildman–Crippen LogP) is 13.4. The lowest BCUT2D eigenvalue weighted by atomic mass is 9.96. The van der Waals surface area contributed by atoms with Gasteiger partial charge in [0.25, 0.3) is 0 Å². The normalized spacial score (nSPS) is 11.8. The number of fused-ring (bicyclic) bond motifs is 9. The molecule has 2 heterocycles. The molecule has 0 bridgehead atoms. The average molecular weight is 618 g/mol. The summed E-state index contributed by atoms with van der Waals surface area (Å²) in [5, 5.41) is 9.67. The van der Waals surface area contributed by atoms with Crippen molar-refractivity contribution in [2.45, 2.75) is 0 Å². The van der Waals surface area contributed by atoms with Gasteiger partial charge in [0, 0.05) is 31.6 Å². The van der Waals surface area contributed by atoms with Crippen LogP contribution in [0.3, 0.4) is 0 Å².